The molecule has 3 aromatic heterocycles. The van der Waals surface area contributed by atoms with Crippen LogP contribution >= 0.6 is 6.04 Å². The van der Waals surface area contributed by atoms with Gasteiger partial charge in [0, 0.05) is 27.5 Å². The molecule has 5 aromatic carbocycles. The number of pyridine rings is 2. The van der Waals surface area contributed by atoms with Gasteiger partial charge in [0.15, 0.2) is 0 Å². The van der Waals surface area contributed by atoms with Crippen molar-refractivity contribution in [2.24, 2.45) is 0 Å². The van der Waals surface area contributed by atoms with Gasteiger partial charge in [0.25, 0.3) is 0 Å². The molecule has 0 N–H and O–H groups in total. The molecular weight excluding hydrogens is 513 g/mol. The van der Waals surface area contributed by atoms with Gasteiger partial charge in [-0.1, -0.05) is 121 Å². The van der Waals surface area contributed by atoms with E-state index < -0.39 is 6.04 Å². The largest absolute Gasteiger partial charge is 0.292 e. The van der Waals surface area contributed by atoms with E-state index in [4.69, 9.17) is 21.8 Å². The van der Waals surface area contributed by atoms with Gasteiger partial charge < -0.3 is 0 Å². The first-order valence-electron chi connectivity index (χ1n) is 13.0. The van der Waals surface area contributed by atoms with Crippen LogP contribution in [0.5, 0.6) is 0 Å². The second kappa shape index (κ2) is 8.57. The van der Waals surface area contributed by atoms with Gasteiger partial charge in [-0.15, -0.1) is 0 Å². The van der Waals surface area contributed by atoms with Gasteiger partial charge in [0.2, 0.25) is 0 Å². The van der Waals surface area contributed by atoms with Crippen molar-refractivity contribution in [2.75, 3.05) is 0 Å². The summed E-state index contributed by atoms with van der Waals surface area (Å²) < 4.78 is 2.27. The molecule has 3 heterocycles. The van der Waals surface area contributed by atoms with Crippen LogP contribution in [0, 0.1) is 0 Å². The highest BCUT2D eigenvalue weighted by molar-refractivity contribution is 8.25. The molecule has 0 amide bonds. The number of para-hydroxylation sites is 4. The molecule has 0 atom stereocenters. The molecule has 0 spiro atoms. The quantitative estimate of drug-likeness (QED) is 0.137. The van der Waals surface area contributed by atoms with E-state index in [1.807, 2.05) is 6.07 Å². The monoisotopic (exact) mass is 535 g/mol. The summed E-state index contributed by atoms with van der Waals surface area (Å²) in [6, 6.07) is 44.3. The Kier molecular flexibility index (Phi) is 4.97. The molecule has 0 aliphatic carbocycles. The van der Waals surface area contributed by atoms with Crippen LogP contribution in [0.1, 0.15) is 0 Å². The Bertz CT molecular complexity index is 2210. The zero-order valence-electron chi connectivity index (χ0n) is 20.9. The molecule has 0 saturated carbocycles. The summed E-state index contributed by atoms with van der Waals surface area (Å²) in [5, 5.41) is 6.67. The number of hydrogen-bond donors (Lipinski definition) is 0. The van der Waals surface area contributed by atoms with Crippen molar-refractivity contribution in [1.82, 2.24) is 14.4 Å². The van der Waals surface area contributed by atoms with Gasteiger partial charge in [0.05, 0.1) is 27.6 Å². The highest BCUT2D eigenvalue weighted by Gasteiger charge is 2.27. The molecule has 3 nitrogen and oxygen atoms in total. The van der Waals surface area contributed by atoms with Gasteiger partial charge in [0.1, 0.15) is 5.65 Å². The van der Waals surface area contributed by atoms with Gasteiger partial charge in [-0.3, -0.25) is 4.40 Å². The van der Waals surface area contributed by atoms with Crippen molar-refractivity contribution >= 4 is 83.1 Å². The fraction of sp³-hybridized carbons (Fsp3) is 0. The van der Waals surface area contributed by atoms with E-state index in [2.05, 4.69) is 132 Å². The molecule has 0 bridgehead atoms. The Morgan fingerprint density at radius 1 is 0.538 bits per heavy atom. The molecular formula is C34H22N3PS. The Morgan fingerprint density at radius 2 is 1.18 bits per heavy atom. The lowest BCUT2D eigenvalue weighted by Crippen LogP contribution is -2.25. The smallest absolute Gasteiger partial charge is 0.147 e. The third-order valence-electron chi connectivity index (χ3n) is 7.61. The number of aromatic nitrogens is 3. The summed E-state index contributed by atoms with van der Waals surface area (Å²) in [6.07, 6.45) is 0. The van der Waals surface area contributed by atoms with Crippen molar-refractivity contribution in [3.63, 3.8) is 0 Å². The highest BCUT2D eigenvalue weighted by Crippen LogP contribution is 2.45. The van der Waals surface area contributed by atoms with Crippen LogP contribution in [0.4, 0.5) is 0 Å². The van der Waals surface area contributed by atoms with Gasteiger partial charge >= 0.3 is 0 Å². The van der Waals surface area contributed by atoms with Crippen molar-refractivity contribution < 1.29 is 0 Å². The third-order valence-corrected chi connectivity index (χ3v) is 12.6. The molecule has 0 fully saturated rings. The fourth-order valence-corrected chi connectivity index (χ4v) is 9.82. The topological polar surface area (TPSA) is 30.2 Å². The van der Waals surface area contributed by atoms with E-state index in [0.29, 0.717) is 0 Å². The van der Waals surface area contributed by atoms with E-state index in [1.165, 1.54) is 10.6 Å². The Hall–Kier alpha value is -4.37. The Balaban J connectivity index is 1.54. The van der Waals surface area contributed by atoms with Crippen LogP contribution in [-0.2, 0) is 11.8 Å². The standard InChI is InChI=1S/C34H22N3PS/c39-38(24-13-3-1-4-14-24,25-15-5-2-6-16-25)31-21-11-12-23-22-27-33(36-32(23)31)26-17-7-9-19-29(26)37-30-20-10-8-18-28(30)35-34(27)37/h1-22H. The molecule has 5 heteroatoms. The van der Waals surface area contributed by atoms with E-state index in [1.54, 1.807) is 0 Å². The summed E-state index contributed by atoms with van der Waals surface area (Å²) in [4.78, 5) is 10.5. The number of nitrogens with zero attached hydrogens (tertiary/aromatic N) is 3. The van der Waals surface area contributed by atoms with Crippen LogP contribution in [0.15, 0.2) is 133 Å². The van der Waals surface area contributed by atoms with Gasteiger partial charge in [-0.2, -0.15) is 0 Å². The first-order valence-corrected chi connectivity index (χ1v) is 15.8. The third kappa shape index (κ3) is 3.26. The number of hydrogen-bond acceptors (Lipinski definition) is 3. The maximum Gasteiger partial charge on any atom is 0.147 e. The van der Waals surface area contributed by atoms with Crippen molar-refractivity contribution in [3.05, 3.63) is 133 Å². The zero-order chi connectivity index (χ0) is 26.0. The predicted molar refractivity (Wildman–Crippen MR) is 169 cm³/mol. The maximum atomic E-state index is 6.72. The molecule has 39 heavy (non-hydrogen) atoms. The summed E-state index contributed by atoms with van der Waals surface area (Å²) in [5.74, 6) is 0. The van der Waals surface area contributed by atoms with E-state index in [0.717, 1.165) is 54.7 Å². The maximum absolute atomic E-state index is 6.72. The fourth-order valence-electron chi connectivity index (χ4n) is 5.84. The first-order chi connectivity index (χ1) is 19.2. The summed E-state index contributed by atoms with van der Waals surface area (Å²) >= 11 is 6.72. The van der Waals surface area contributed by atoms with Gasteiger partial charge in [-0.05, 0) is 34.9 Å². The SMILES string of the molecule is S=P(c1ccccc1)(c1ccccc1)c1cccc2cc3c(nc12)c1ccccc1n1c2ccccc2nc31. The molecule has 0 saturated heterocycles. The Labute approximate surface area is 230 Å². The lowest BCUT2D eigenvalue weighted by Gasteiger charge is -2.25. The van der Waals surface area contributed by atoms with E-state index in [9.17, 15) is 0 Å². The number of imidazole rings is 1. The summed E-state index contributed by atoms with van der Waals surface area (Å²) in [6.45, 7) is 0. The second-order valence-electron chi connectivity index (χ2n) is 9.79. The van der Waals surface area contributed by atoms with Crippen LogP contribution in [0.25, 0.3) is 49.4 Å². The molecule has 184 valence electrons. The minimum absolute atomic E-state index is 0.926. The van der Waals surface area contributed by atoms with Crippen molar-refractivity contribution in [1.29, 1.82) is 0 Å². The van der Waals surface area contributed by atoms with E-state index >= 15 is 0 Å². The normalized spacial score (nSPS) is 12.2. The lowest BCUT2D eigenvalue weighted by atomic mass is 10.1. The Morgan fingerprint density at radius 3 is 1.92 bits per heavy atom. The highest BCUT2D eigenvalue weighted by atomic mass is 32.4. The molecule has 0 aliphatic heterocycles. The van der Waals surface area contributed by atoms with Crippen LogP contribution in [0.2, 0.25) is 0 Å². The number of rotatable bonds is 3. The molecule has 8 rings (SSSR count). The van der Waals surface area contributed by atoms with Crippen LogP contribution in [-0.4, -0.2) is 14.4 Å². The van der Waals surface area contributed by atoms with Crippen molar-refractivity contribution in [2.45, 2.75) is 0 Å². The predicted octanol–water partition coefficient (Wildman–Crippen LogP) is 7.10. The number of benzene rings is 5. The van der Waals surface area contributed by atoms with Crippen molar-refractivity contribution in [3.8, 4) is 0 Å². The lowest BCUT2D eigenvalue weighted by molar-refractivity contribution is 1.31. The van der Waals surface area contributed by atoms with E-state index in [-0.39, 0.29) is 0 Å². The van der Waals surface area contributed by atoms with Crippen LogP contribution < -0.4 is 15.9 Å². The molecule has 0 radical (unpaired) electrons. The first kappa shape index (κ1) is 22.6. The zero-order valence-corrected chi connectivity index (χ0v) is 22.6. The van der Waals surface area contributed by atoms with Crippen LogP contribution in [0.3, 0.4) is 0 Å². The minimum atomic E-state index is -2.38. The number of fused-ring (bicyclic) bond motifs is 9. The molecule has 0 unspecified atom stereocenters. The summed E-state index contributed by atoms with van der Waals surface area (Å²) in [5.41, 5.74) is 6.03. The molecule has 0 aliphatic rings. The average molecular weight is 536 g/mol. The second-order valence-corrected chi connectivity index (χ2v) is 14.2. The van der Waals surface area contributed by atoms with Gasteiger partial charge in [-0.25, -0.2) is 9.97 Å². The minimum Gasteiger partial charge on any atom is -0.292 e. The average Bonchev–Trinajstić information content (AvgIpc) is 3.41. The summed E-state index contributed by atoms with van der Waals surface area (Å²) in [7, 11) is 0. The molecule has 8 aromatic rings.